The highest BCUT2D eigenvalue weighted by Crippen LogP contribution is 2.56. The van der Waals surface area contributed by atoms with Gasteiger partial charge < -0.3 is 5.11 Å². The first-order valence-electron chi connectivity index (χ1n) is 10.9. The van der Waals surface area contributed by atoms with Gasteiger partial charge in [-0.05, 0) is 34.6 Å². The van der Waals surface area contributed by atoms with Crippen molar-refractivity contribution in [3.8, 4) is 0 Å². The molecule has 2 aromatic carbocycles. The Morgan fingerprint density at radius 3 is 1.87 bits per heavy atom. The molecule has 0 aromatic heterocycles. The third-order valence-electron chi connectivity index (χ3n) is 6.81. The zero-order valence-corrected chi connectivity index (χ0v) is 19.5. The van der Waals surface area contributed by atoms with Crippen LogP contribution in [0.3, 0.4) is 0 Å². The lowest BCUT2D eigenvalue weighted by Crippen LogP contribution is -2.62. The Kier molecular flexibility index (Phi) is 5.62. The maximum absolute atomic E-state index is 13.9. The molecule has 0 spiro atoms. The van der Waals surface area contributed by atoms with E-state index in [1.165, 1.54) is 0 Å². The zero-order chi connectivity index (χ0) is 22.4. The van der Waals surface area contributed by atoms with Crippen LogP contribution in [0.15, 0.2) is 66.7 Å². The van der Waals surface area contributed by atoms with Crippen molar-refractivity contribution in [2.45, 2.75) is 65.9 Å². The molecule has 2 nitrogen and oxygen atoms in total. The summed E-state index contributed by atoms with van der Waals surface area (Å²) in [4.78, 5) is 13.9. The van der Waals surface area contributed by atoms with Crippen molar-refractivity contribution in [2.75, 3.05) is 0 Å². The molecule has 0 unspecified atom stereocenters. The molecule has 3 rings (SSSR count). The van der Waals surface area contributed by atoms with Gasteiger partial charge in [0.25, 0.3) is 0 Å². The van der Waals surface area contributed by atoms with Crippen LogP contribution in [0.2, 0.25) is 0 Å². The quantitative estimate of drug-likeness (QED) is 0.639. The van der Waals surface area contributed by atoms with Crippen molar-refractivity contribution in [3.63, 3.8) is 0 Å². The minimum Gasteiger partial charge on any atom is -0.384 e. The number of hydrogen-bond donors (Lipinski definition) is 1. The molecule has 30 heavy (non-hydrogen) atoms. The van der Waals surface area contributed by atoms with Gasteiger partial charge in [-0.3, -0.25) is 4.79 Å². The normalized spacial score (nSPS) is 27.5. The van der Waals surface area contributed by atoms with Crippen molar-refractivity contribution in [3.05, 3.63) is 77.9 Å². The van der Waals surface area contributed by atoms with E-state index in [2.05, 4.69) is 31.2 Å². The van der Waals surface area contributed by atoms with Crippen LogP contribution in [0.25, 0.3) is 5.57 Å². The van der Waals surface area contributed by atoms with Gasteiger partial charge in [0.2, 0.25) is 0 Å². The van der Waals surface area contributed by atoms with E-state index in [1.54, 1.807) is 0 Å². The van der Waals surface area contributed by atoms with Gasteiger partial charge in [0, 0.05) is 10.8 Å². The number of carbonyl (C=O) groups is 1. The third kappa shape index (κ3) is 3.78. The Morgan fingerprint density at radius 2 is 1.40 bits per heavy atom. The van der Waals surface area contributed by atoms with E-state index < -0.39 is 27.8 Å². The molecule has 0 saturated carbocycles. The maximum atomic E-state index is 13.9. The van der Waals surface area contributed by atoms with E-state index in [0.29, 0.717) is 6.42 Å². The van der Waals surface area contributed by atoms with Crippen LogP contribution in [0.4, 0.5) is 0 Å². The molecule has 0 amide bonds. The average molecular weight is 405 g/mol. The van der Waals surface area contributed by atoms with Crippen molar-refractivity contribution < 1.29 is 9.90 Å². The van der Waals surface area contributed by atoms with Crippen LogP contribution in [-0.2, 0) is 10.2 Å². The Balaban J connectivity index is 2.34. The van der Waals surface area contributed by atoms with Crippen molar-refractivity contribution in [1.29, 1.82) is 0 Å². The number of aliphatic hydroxyl groups is 1. The fraction of sp³-hybridized carbons (Fsp3) is 0.464. The van der Waals surface area contributed by atoms with Gasteiger partial charge in [-0.25, -0.2) is 0 Å². The van der Waals surface area contributed by atoms with Crippen LogP contribution in [0.1, 0.15) is 66.0 Å². The molecule has 2 heteroatoms. The molecule has 0 radical (unpaired) electrons. The van der Waals surface area contributed by atoms with Crippen LogP contribution in [-0.4, -0.2) is 16.5 Å². The summed E-state index contributed by atoms with van der Waals surface area (Å²) < 4.78 is 0. The van der Waals surface area contributed by atoms with E-state index in [0.717, 1.165) is 16.7 Å². The van der Waals surface area contributed by atoms with Gasteiger partial charge in [-0.2, -0.15) is 0 Å². The monoisotopic (exact) mass is 404 g/mol. The second-order valence-electron chi connectivity index (χ2n) is 11.1. The molecule has 160 valence electrons. The van der Waals surface area contributed by atoms with Crippen LogP contribution < -0.4 is 0 Å². The van der Waals surface area contributed by atoms with Gasteiger partial charge in [0.1, 0.15) is 5.78 Å². The van der Waals surface area contributed by atoms with Gasteiger partial charge in [-0.15, -0.1) is 0 Å². The summed E-state index contributed by atoms with van der Waals surface area (Å²) >= 11 is 0. The molecular formula is C28H36O2. The van der Waals surface area contributed by atoms with E-state index in [-0.39, 0.29) is 5.78 Å². The summed E-state index contributed by atoms with van der Waals surface area (Å²) in [6.45, 7) is 14.1. The molecule has 0 heterocycles. The van der Waals surface area contributed by atoms with Crippen LogP contribution >= 0.6 is 0 Å². The van der Waals surface area contributed by atoms with Crippen molar-refractivity contribution in [1.82, 2.24) is 0 Å². The molecule has 1 aliphatic carbocycles. The molecule has 0 fully saturated rings. The van der Waals surface area contributed by atoms with Crippen LogP contribution in [0.5, 0.6) is 0 Å². The van der Waals surface area contributed by atoms with Gasteiger partial charge in [0.15, 0.2) is 0 Å². The van der Waals surface area contributed by atoms with E-state index in [9.17, 15) is 9.90 Å². The highest BCUT2D eigenvalue weighted by molar-refractivity contribution is 5.91. The molecule has 1 N–H and O–H groups in total. The zero-order valence-electron chi connectivity index (χ0n) is 19.5. The second-order valence-corrected chi connectivity index (χ2v) is 11.1. The largest absolute Gasteiger partial charge is 0.384 e. The highest BCUT2D eigenvalue weighted by atomic mass is 16.3. The number of allylic oxidation sites excluding steroid dienone is 1. The third-order valence-corrected chi connectivity index (χ3v) is 6.81. The Labute approximate surface area is 182 Å². The Bertz CT molecular complexity index is 928. The maximum Gasteiger partial charge on any atom is 0.145 e. The molecule has 1 aliphatic rings. The summed E-state index contributed by atoms with van der Waals surface area (Å²) in [6, 6.07) is 20.5. The van der Waals surface area contributed by atoms with E-state index >= 15 is 0 Å². The number of Topliss-reactive ketones (excluding diaryl/α,β-unsaturated/α-hetero) is 1. The first-order valence-corrected chi connectivity index (χ1v) is 10.9. The minimum absolute atomic E-state index is 0.106. The SMILES string of the molecule is CC(C)(C)C(=O)[C@H]1[C@@](O)(C(C)(C)C)C=C(c2ccccc2)C[C@]1(C)c1ccccc1. The summed E-state index contributed by atoms with van der Waals surface area (Å²) in [7, 11) is 0. The number of benzene rings is 2. The lowest BCUT2D eigenvalue weighted by Gasteiger charge is -2.55. The first kappa shape index (κ1) is 22.5. The molecule has 0 aliphatic heterocycles. The average Bonchev–Trinajstić information content (AvgIpc) is 2.67. The van der Waals surface area contributed by atoms with Crippen molar-refractivity contribution >= 4 is 11.4 Å². The molecule has 0 saturated heterocycles. The topological polar surface area (TPSA) is 37.3 Å². The molecule has 0 bridgehead atoms. The summed E-state index contributed by atoms with van der Waals surface area (Å²) in [5.41, 5.74) is 0.393. The Morgan fingerprint density at radius 1 is 0.900 bits per heavy atom. The van der Waals surface area contributed by atoms with E-state index in [4.69, 9.17) is 0 Å². The molecular weight excluding hydrogens is 368 g/mol. The lowest BCUT2D eigenvalue weighted by molar-refractivity contribution is -0.153. The fourth-order valence-electron chi connectivity index (χ4n) is 4.88. The highest BCUT2D eigenvalue weighted by Gasteiger charge is 2.60. The number of ketones is 1. The van der Waals surface area contributed by atoms with Crippen molar-refractivity contribution in [2.24, 2.45) is 16.7 Å². The first-order chi connectivity index (χ1) is 13.8. The number of rotatable bonds is 3. The minimum atomic E-state index is -1.29. The predicted octanol–water partition coefficient (Wildman–Crippen LogP) is 6.44. The van der Waals surface area contributed by atoms with Gasteiger partial charge in [-0.1, -0.05) is 109 Å². The second kappa shape index (κ2) is 7.50. The predicted molar refractivity (Wildman–Crippen MR) is 125 cm³/mol. The summed E-state index contributed by atoms with van der Waals surface area (Å²) in [5.74, 6) is -0.450. The Hall–Kier alpha value is -2.19. The van der Waals surface area contributed by atoms with Gasteiger partial charge in [0.05, 0.1) is 11.5 Å². The van der Waals surface area contributed by atoms with Gasteiger partial charge >= 0.3 is 0 Å². The molecule has 2 aromatic rings. The van der Waals surface area contributed by atoms with Crippen LogP contribution in [0, 0.1) is 16.7 Å². The smallest absolute Gasteiger partial charge is 0.145 e. The molecule has 3 atom stereocenters. The standard InChI is InChI=1S/C28H36O2/c1-25(2,3)24(29)23-27(7,22-16-12-9-13-17-22)18-21(20-14-10-8-11-15-20)19-28(23,30)26(4,5)6/h8-17,19,23,30H,18H2,1-7H3/t23-,27-,28-/m1/s1. The lowest BCUT2D eigenvalue weighted by atomic mass is 9.50. The number of carbonyl (C=O) groups excluding carboxylic acids is 1. The fourth-order valence-corrected chi connectivity index (χ4v) is 4.88. The van der Waals surface area contributed by atoms with E-state index in [1.807, 2.05) is 84.0 Å². The summed E-state index contributed by atoms with van der Waals surface area (Å²) in [6.07, 6.45) is 2.69. The summed E-state index contributed by atoms with van der Waals surface area (Å²) in [5, 5.41) is 12.3. The number of hydrogen-bond acceptors (Lipinski definition) is 2.